The highest BCUT2D eigenvalue weighted by molar-refractivity contribution is 9.10. The normalized spacial score (nSPS) is 10.5. The van der Waals surface area contributed by atoms with E-state index in [1.165, 1.54) is 16.7 Å². The van der Waals surface area contributed by atoms with Gasteiger partial charge in [0.05, 0.1) is 11.1 Å². The minimum Gasteiger partial charge on any atom is -0.487 e. The molecule has 0 aliphatic rings. The Bertz CT molecular complexity index is 579. The van der Waals surface area contributed by atoms with Crippen LogP contribution in [0.25, 0.3) is 0 Å². The molecule has 2 rings (SSSR count). The lowest BCUT2D eigenvalue weighted by Crippen LogP contribution is -2.01. The van der Waals surface area contributed by atoms with Gasteiger partial charge in [-0.15, -0.1) is 0 Å². The second-order valence-electron chi connectivity index (χ2n) is 4.60. The molecule has 0 aromatic heterocycles. The van der Waals surface area contributed by atoms with Crippen LogP contribution in [0, 0.1) is 13.8 Å². The monoisotopic (exact) mass is 320 g/mol. The van der Waals surface area contributed by atoms with Gasteiger partial charge in [0.2, 0.25) is 0 Å². The van der Waals surface area contributed by atoms with E-state index in [1.807, 2.05) is 18.2 Å². The molecule has 0 aliphatic carbocycles. The summed E-state index contributed by atoms with van der Waals surface area (Å²) in [7, 11) is 0. The second-order valence-corrected chi connectivity index (χ2v) is 5.46. The van der Waals surface area contributed by atoms with Crippen LogP contribution in [0.5, 0.6) is 5.75 Å². The molecule has 0 radical (unpaired) electrons. The number of ether oxygens (including phenoxy) is 1. The van der Waals surface area contributed by atoms with Crippen LogP contribution in [-0.4, -0.2) is 5.11 Å². The molecule has 0 atom stereocenters. The maximum atomic E-state index is 9.34. The van der Waals surface area contributed by atoms with Crippen LogP contribution in [0.4, 0.5) is 0 Å². The lowest BCUT2D eigenvalue weighted by molar-refractivity contribution is 0.258. The van der Waals surface area contributed by atoms with Crippen molar-refractivity contribution in [2.24, 2.45) is 0 Å². The van der Waals surface area contributed by atoms with Gasteiger partial charge in [0, 0.05) is 5.56 Å². The SMILES string of the molecule is Cc1ccc(C)c(COc2c(Br)cccc2CO)c1. The summed E-state index contributed by atoms with van der Waals surface area (Å²) in [6.45, 7) is 4.62. The number of halogens is 1. The lowest BCUT2D eigenvalue weighted by atomic mass is 10.1. The average Bonchev–Trinajstić information content (AvgIpc) is 2.40. The molecule has 0 aliphatic heterocycles. The fourth-order valence-electron chi connectivity index (χ4n) is 1.95. The molecule has 3 heteroatoms. The average molecular weight is 321 g/mol. The fraction of sp³-hybridized carbons (Fsp3) is 0.250. The molecule has 2 nitrogen and oxygen atoms in total. The van der Waals surface area contributed by atoms with Crippen molar-refractivity contribution in [2.75, 3.05) is 0 Å². The Balaban J connectivity index is 2.21. The number of aryl methyl sites for hydroxylation is 2. The Morgan fingerprint density at radius 3 is 2.63 bits per heavy atom. The number of hydrogen-bond donors (Lipinski definition) is 1. The van der Waals surface area contributed by atoms with Crippen molar-refractivity contribution in [3.05, 3.63) is 63.1 Å². The Morgan fingerprint density at radius 1 is 1.11 bits per heavy atom. The zero-order chi connectivity index (χ0) is 13.8. The topological polar surface area (TPSA) is 29.5 Å². The fourth-order valence-corrected chi connectivity index (χ4v) is 2.47. The van der Waals surface area contributed by atoms with E-state index in [0.29, 0.717) is 12.4 Å². The smallest absolute Gasteiger partial charge is 0.139 e. The van der Waals surface area contributed by atoms with Crippen molar-refractivity contribution in [3.63, 3.8) is 0 Å². The Kier molecular flexibility index (Phi) is 4.61. The number of aliphatic hydroxyl groups is 1. The minimum absolute atomic E-state index is 0.0262. The summed E-state index contributed by atoms with van der Waals surface area (Å²) in [5, 5.41) is 9.34. The van der Waals surface area contributed by atoms with E-state index in [-0.39, 0.29) is 6.61 Å². The van der Waals surface area contributed by atoms with Gasteiger partial charge in [-0.1, -0.05) is 35.9 Å². The Labute approximate surface area is 122 Å². The van der Waals surface area contributed by atoms with E-state index in [2.05, 4.69) is 48.0 Å². The number of hydrogen-bond acceptors (Lipinski definition) is 2. The van der Waals surface area contributed by atoms with Crippen molar-refractivity contribution in [1.82, 2.24) is 0 Å². The van der Waals surface area contributed by atoms with Crippen molar-refractivity contribution in [3.8, 4) is 5.75 Å². The van der Waals surface area contributed by atoms with Gasteiger partial charge in [-0.05, 0) is 47.0 Å². The molecule has 0 heterocycles. The third kappa shape index (κ3) is 3.37. The van der Waals surface area contributed by atoms with Crippen molar-refractivity contribution in [1.29, 1.82) is 0 Å². The van der Waals surface area contributed by atoms with E-state index < -0.39 is 0 Å². The first kappa shape index (κ1) is 14.1. The highest BCUT2D eigenvalue weighted by Gasteiger charge is 2.08. The van der Waals surface area contributed by atoms with Crippen LogP contribution in [0.1, 0.15) is 22.3 Å². The van der Waals surface area contributed by atoms with E-state index in [9.17, 15) is 5.11 Å². The largest absolute Gasteiger partial charge is 0.487 e. The predicted molar refractivity (Wildman–Crippen MR) is 80.3 cm³/mol. The summed E-state index contributed by atoms with van der Waals surface area (Å²) in [6, 6.07) is 12.0. The number of aliphatic hydroxyl groups excluding tert-OH is 1. The summed E-state index contributed by atoms with van der Waals surface area (Å²) in [5.74, 6) is 0.714. The van der Waals surface area contributed by atoms with Crippen molar-refractivity contribution in [2.45, 2.75) is 27.1 Å². The van der Waals surface area contributed by atoms with Crippen LogP contribution >= 0.6 is 15.9 Å². The first-order valence-corrected chi connectivity index (χ1v) is 6.98. The molecule has 0 bridgehead atoms. The zero-order valence-electron chi connectivity index (χ0n) is 11.1. The van der Waals surface area contributed by atoms with Crippen LogP contribution < -0.4 is 4.74 Å². The van der Waals surface area contributed by atoms with Gasteiger partial charge >= 0.3 is 0 Å². The summed E-state index contributed by atoms with van der Waals surface area (Å²) in [5.41, 5.74) is 4.39. The summed E-state index contributed by atoms with van der Waals surface area (Å²) in [4.78, 5) is 0. The number of rotatable bonds is 4. The summed E-state index contributed by atoms with van der Waals surface area (Å²) >= 11 is 3.46. The number of para-hydroxylation sites is 1. The maximum Gasteiger partial charge on any atom is 0.139 e. The molecule has 19 heavy (non-hydrogen) atoms. The quantitative estimate of drug-likeness (QED) is 0.917. The van der Waals surface area contributed by atoms with Crippen LogP contribution in [0.15, 0.2) is 40.9 Å². The second kappa shape index (κ2) is 6.22. The molecule has 0 fully saturated rings. The van der Waals surface area contributed by atoms with Gasteiger partial charge in [0.15, 0.2) is 0 Å². The van der Waals surface area contributed by atoms with Crippen molar-refractivity contribution >= 4 is 15.9 Å². The van der Waals surface area contributed by atoms with Crippen LogP contribution in [0.2, 0.25) is 0 Å². The molecular formula is C16H17BrO2. The molecule has 0 saturated heterocycles. The molecule has 0 amide bonds. The van der Waals surface area contributed by atoms with Gasteiger partial charge in [-0.2, -0.15) is 0 Å². The van der Waals surface area contributed by atoms with Gasteiger partial charge in [0.1, 0.15) is 12.4 Å². The first-order chi connectivity index (χ1) is 9.11. The minimum atomic E-state index is -0.0262. The Hall–Kier alpha value is -1.32. The van der Waals surface area contributed by atoms with Crippen LogP contribution in [0.3, 0.4) is 0 Å². The molecule has 2 aromatic rings. The first-order valence-electron chi connectivity index (χ1n) is 6.19. The summed E-state index contributed by atoms with van der Waals surface area (Å²) < 4.78 is 6.74. The third-order valence-corrected chi connectivity index (χ3v) is 3.72. The predicted octanol–water partition coefficient (Wildman–Crippen LogP) is 4.14. The zero-order valence-corrected chi connectivity index (χ0v) is 12.7. The molecule has 0 unspecified atom stereocenters. The third-order valence-electron chi connectivity index (χ3n) is 3.10. The van der Waals surface area contributed by atoms with Gasteiger partial charge in [0.25, 0.3) is 0 Å². The van der Waals surface area contributed by atoms with Gasteiger partial charge < -0.3 is 9.84 Å². The molecule has 100 valence electrons. The van der Waals surface area contributed by atoms with Gasteiger partial charge in [-0.25, -0.2) is 0 Å². The molecule has 2 aromatic carbocycles. The van der Waals surface area contributed by atoms with Crippen LogP contribution in [-0.2, 0) is 13.2 Å². The Morgan fingerprint density at radius 2 is 1.89 bits per heavy atom. The highest BCUT2D eigenvalue weighted by Crippen LogP contribution is 2.30. The van der Waals surface area contributed by atoms with Crippen molar-refractivity contribution < 1.29 is 9.84 Å². The lowest BCUT2D eigenvalue weighted by Gasteiger charge is -2.13. The summed E-state index contributed by atoms with van der Waals surface area (Å²) in [6.07, 6.45) is 0. The highest BCUT2D eigenvalue weighted by atomic mass is 79.9. The number of benzene rings is 2. The molecule has 0 saturated carbocycles. The molecular weight excluding hydrogens is 304 g/mol. The molecule has 0 spiro atoms. The van der Waals surface area contributed by atoms with Gasteiger partial charge in [-0.3, -0.25) is 0 Å². The standard InChI is InChI=1S/C16H17BrO2/c1-11-6-7-12(2)14(8-11)10-19-16-13(9-18)4-3-5-15(16)17/h3-8,18H,9-10H2,1-2H3. The van der Waals surface area contributed by atoms with E-state index in [1.54, 1.807) is 0 Å². The maximum absolute atomic E-state index is 9.34. The molecule has 1 N–H and O–H groups in total. The van der Waals surface area contributed by atoms with E-state index in [4.69, 9.17) is 4.74 Å². The van der Waals surface area contributed by atoms with E-state index in [0.717, 1.165) is 10.0 Å². The van der Waals surface area contributed by atoms with E-state index >= 15 is 0 Å².